The van der Waals surface area contributed by atoms with Gasteiger partial charge in [-0.2, -0.15) is 0 Å². The molecule has 0 saturated carbocycles. The molecule has 2 heterocycles. The first-order valence-corrected chi connectivity index (χ1v) is 7.02. The van der Waals surface area contributed by atoms with Crippen molar-refractivity contribution >= 4 is 33.3 Å². The number of benzene rings is 1. The van der Waals surface area contributed by atoms with Crippen molar-refractivity contribution in [3.8, 4) is 10.9 Å². The van der Waals surface area contributed by atoms with Crippen LogP contribution in [0.3, 0.4) is 0 Å². The molecule has 0 aliphatic rings. The van der Waals surface area contributed by atoms with E-state index in [1.165, 1.54) is 22.2 Å². The summed E-state index contributed by atoms with van der Waals surface area (Å²) in [5.41, 5.74) is 6.68. The normalized spacial score (nSPS) is 10.9. The second kappa shape index (κ2) is 5.06. The van der Waals surface area contributed by atoms with E-state index < -0.39 is 5.97 Å². The third kappa shape index (κ3) is 2.40. The van der Waals surface area contributed by atoms with Gasteiger partial charge in [-0.1, -0.05) is 11.3 Å². The lowest BCUT2D eigenvalue weighted by molar-refractivity contribution is 0.0527. The number of esters is 1. The molecule has 0 unspecified atom stereocenters. The minimum atomic E-state index is -0.514. The number of carbonyl (C=O) groups excluding carboxylic acids is 1. The van der Waals surface area contributed by atoms with E-state index in [0.717, 1.165) is 10.2 Å². The Morgan fingerprint density at radius 2 is 2.33 bits per heavy atom. The number of phenols is 1. The van der Waals surface area contributed by atoms with E-state index in [9.17, 15) is 9.90 Å². The summed E-state index contributed by atoms with van der Waals surface area (Å²) in [6, 6.07) is 4.90. The van der Waals surface area contributed by atoms with Crippen molar-refractivity contribution in [1.29, 1.82) is 0 Å². The number of hydrogen-bond donors (Lipinski definition) is 2. The van der Waals surface area contributed by atoms with E-state index in [4.69, 9.17) is 10.5 Å². The van der Waals surface area contributed by atoms with Crippen LogP contribution >= 0.6 is 11.3 Å². The number of rotatable bonds is 3. The summed E-state index contributed by atoms with van der Waals surface area (Å²) in [5.74, 6) is -0.250. The van der Waals surface area contributed by atoms with E-state index in [0.29, 0.717) is 5.13 Å². The SMILES string of the molecule is CCOC(=O)c1cn(-c2nc3ccc(O)cc3s2)nc1N. The number of hydrogen-bond acceptors (Lipinski definition) is 7. The third-order valence-corrected chi connectivity index (χ3v) is 3.80. The van der Waals surface area contributed by atoms with E-state index in [1.54, 1.807) is 25.1 Å². The molecule has 1 aromatic carbocycles. The maximum absolute atomic E-state index is 11.7. The lowest BCUT2D eigenvalue weighted by atomic mass is 10.3. The predicted molar refractivity (Wildman–Crippen MR) is 78.8 cm³/mol. The number of thiazole rings is 1. The van der Waals surface area contributed by atoms with Gasteiger partial charge in [-0.25, -0.2) is 14.5 Å². The Hall–Kier alpha value is -2.61. The Bertz CT molecular complexity index is 824. The zero-order valence-electron chi connectivity index (χ0n) is 11.1. The van der Waals surface area contributed by atoms with E-state index in [2.05, 4.69) is 10.1 Å². The van der Waals surface area contributed by atoms with Gasteiger partial charge in [0.05, 0.1) is 23.0 Å². The number of nitrogens with zero attached hydrogens (tertiary/aromatic N) is 3. The van der Waals surface area contributed by atoms with Gasteiger partial charge in [-0.05, 0) is 25.1 Å². The molecule has 0 fully saturated rings. The third-order valence-electron chi connectivity index (χ3n) is 2.79. The number of carbonyl (C=O) groups is 1. The first-order valence-electron chi connectivity index (χ1n) is 6.20. The Kier molecular flexibility index (Phi) is 3.22. The number of phenolic OH excluding ortho intramolecular Hbond substituents is 1. The molecule has 3 N–H and O–H groups in total. The van der Waals surface area contributed by atoms with Crippen molar-refractivity contribution in [3.05, 3.63) is 30.0 Å². The van der Waals surface area contributed by atoms with E-state index in [1.807, 2.05) is 0 Å². The van der Waals surface area contributed by atoms with Crippen LogP contribution in [0.1, 0.15) is 17.3 Å². The average Bonchev–Trinajstić information content (AvgIpc) is 3.01. The van der Waals surface area contributed by atoms with Gasteiger partial charge in [0, 0.05) is 0 Å². The van der Waals surface area contributed by atoms with Crippen LogP contribution in [0.2, 0.25) is 0 Å². The highest BCUT2D eigenvalue weighted by atomic mass is 32.1. The highest BCUT2D eigenvalue weighted by molar-refractivity contribution is 7.20. The molecule has 2 aromatic heterocycles. The van der Waals surface area contributed by atoms with Gasteiger partial charge in [0.25, 0.3) is 0 Å². The van der Waals surface area contributed by atoms with Crippen molar-refractivity contribution in [3.63, 3.8) is 0 Å². The van der Waals surface area contributed by atoms with Gasteiger partial charge in [0.15, 0.2) is 5.82 Å². The fraction of sp³-hybridized carbons (Fsp3) is 0.154. The van der Waals surface area contributed by atoms with Gasteiger partial charge in [0.2, 0.25) is 5.13 Å². The fourth-order valence-electron chi connectivity index (χ4n) is 1.85. The second-order valence-electron chi connectivity index (χ2n) is 4.24. The van der Waals surface area contributed by atoms with Gasteiger partial charge in [0.1, 0.15) is 11.3 Å². The topological polar surface area (TPSA) is 103 Å². The number of ether oxygens (including phenoxy) is 1. The van der Waals surface area contributed by atoms with Crippen molar-refractivity contribution in [2.24, 2.45) is 0 Å². The second-order valence-corrected chi connectivity index (χ2v) is 5.25. The first kappa shape index (κ1) is 13.4. The molecule has 0 atom stereocenters. The zero-order chi connectivity index (χ0) is 15.0. The molecule has 21 heavy (non-hydrogen) atoms. The van der Waals surface area contributed by atoms with Crippen LogP contribution in [0.15, 0.2) is 24.4 Å². The molecule has 0 saturated heterocycles. The van der Waals surface area contributed by atoms with Gasteiger partial charge >= 0.3 is 5.97 Å². The Morgan fingerprint density at radius 1 is 1.52 bits per heavy atom. The molecule has 0 amide bonds. The molecular weight excluding hydrogens is 292 g/mol. The van der Waals surface area contributed by atoms with Crippen molar-refractivity contribution in [2.45, 2.75) is 6.92 Å². The molecule has 0 bridgehead atoms. The number of fused-ring (bicyclic) bond motifs is 1. The van der Waals surface area contributed by atoms with Crippen molar-refractivity contribution in [1.82, 2.24) is 14.8 Å². The lowest BCUT2D eigenvalue weighted by Gasteiger charge is -1.97. The molecule has 3 rings (SSSR count). The molecule has 3 aromatic rings. The molecule has 8 heteroatoms. The van der Waals surface area contributed by atoms with E-state index in [-0.39, 0.29) is 23.7 Å². The fourth-order valence-corrected chi connectivity index (χ4v) is 2.78. The van der Waals surface area contributed by atoms with Gasteiger partial charge in [-0.15, -0.1) is 5.10 Å². The number of aromatic nitrogens is 3. The van der Waals surface area contributed by atoms with Gasteiger partial charge < -0.3 is 15.6 Å². The summed E-state index contributed by atoms with van der Waals surface area (Å²) >= 11 is 1.33. The summed E-state index contributed by atoms with van der Waals surface area (Å²) in [6.45, 7) is 1.99. The number of aromatic hydroxyl groups is 1. The molecule has 0 radical (unpaired) electrons. The van der Waals surface area contributed by atoms with Crippen LogP contribution in [-0.4, -0.2) is 32.4 Å². The molecule has 108 valence electrons. The average molecular weight is 304 g/mol. The molecule has 0 spiro atoms. The van der Waals surface area contributed by atoms with Crippen LogP contribution in [0.4, 0.5) is 5.82 Å². The standard InChI is InChI=1S/C13H12N4O3S/c1-2-20-12(19)8-6-17(16-11(8)14)13-15-9-4-3-7(18)5-10(9)21-13/h3-6,18H,2H2,1H3,(H2,14,16). The van der Waals surface area contributed by atoms with Crippen LogP contribution in [0, 0.1) is 0 Å². The summed E-state index contributed by atoms with van der Waals surface area (Å²) in [7, 11) is 0. The van der Waals surface area contributed by atoms with Gasteiger partial charge in [-0.3, -0.25) is 0 Å². The molecule has 7 nitrogen and oxygen atoms in total. The van der Waals surface area contributed by atoms with Crippen LogP contribution in [0.25, 0.3) is 15.3 Å². The smallest absolute Gasteiger partial charge is 0.343 e. The maximum atomic E-state index is 11.7. The number of nitrogen functional groups attached to an aromatic ring is 1. The lowest BCUT2D eigenvalue weighted by Crippen LogP contribution is -2.05. The molecule has 0 aliphatic heterocycles. The Balaban J connectivity index is 2.02. The minimum absolute atomic E-state index is 0.0931. The summed E-state index contributed by atoms with van der Waals surface area (Å²) in [5, 5.41) is 14.1. The monoisotopic (exact) mass is 304 g/mol. The summed E-state index contributed by atoms with van der Waals surface area (Å²) in [4.78, 5) is 16.1. The quantitative estimate of drug-likeness (QED) is 0.717. The Labute approximate surface area is 123 Å². The highest BCUT2D eigenvalue weighted by Gasteiger charge is 2.17. The minimum Gasteiger partial charge on any atom is -0.508 e. The maximum Gasteiger partial charge on any atom is 0.343 e. The zero-order valence-corrected chi connectivity index (χ0v) is 11.9. The Morgan fingerprint density at radius 3 is 3.10 bits per heavy atom. The molecular formula is C13H12N4O3S. The van der Waals surface area contributed by atoms with Crippen LogP contribution < -0.4 is 5.73 Å². The first-order chi connectivity index (χ1) is 10.1. The predicted octanol–water partition coefficient (Wildman–Crippen LogP) is 1.95. The van der Waals surface area contributed by atoms with Crippen molar-refractivity contribution in [2.75, 3.05) is 12.3 Å². The number of nitrogens with two attached hydrogens (primary N) is 1. The summed E-state index contributed by atoms with van der Waals surface area (Å²) < 4.78 is 7.16. The van der Waals surface area contributed by atoms with E-state index >= 15 is 0 Å². The number of anilines is 1. The highest BCUT2D eigenvalue weighted by Crippen LogP contribution is 2.28. The van der Waals surface area contributed by atoms with Crippen LogP contribution in [-0.2, 0) is 4.74 Å². The van der Waals surface area contributed by atoms with Crippen molar-refractivity contribution < 1.29 is 14.6 Å². The largest absolute Gasteiger partial charge is 0.508 e. The molecule has 0 aliphatic carbocycles. The van der Waals surface area contributed by atoms with Crippen LogP contribution in [0.5, 0.6) is 5.75 Å². The summed E-state index contributed by atoms with van der Waals surface area (Å²) in [6.07, 6.45) is 1.49.